The molecule has 2 aromatic carbocycles. The van der Waals surface area contributed by atoms with Crippen molar-refractivity contribution in [3.63, 3.8) is 0 Å². The van der Waals surface area contributed by atoms with Crippen LogP contribution in [0.3, 0.4) is 0 Å². The number of carbonyl (C=O) groups excluding carboxylic acids is 1. The van der Waals surface area contributed by atoms with E-state index in [0.29, 0.717) is 24.4 Å². The van der Waals surface area contributed by atoms with Crippen molar-refractivity contribution in [2.75, 3.05) is 33.8 Å². The van der Waals surface area contributed by atoms with E-state index in [4.69, 9.17) is 20.0 Å². The number of aliphatic carboxylic acids is 2. The van der Waals surface area contributed by atoms with Crippen molar-refractivity contribution in [2.45, 2.75) is 0 Å². The lowest BCUT2D eigenvalue weighted by atomic mass is 10.1. The van der Waals surface area contributed by atoms with Crippen molar-refractivity contribution >= 4 is 28.9 Å². The Hall–Kier alpha value is -5.03. The number of amides is 1. The van der Waals surface area contributed by atoms with Gasteiger partial charge in [0.2, 0.25) is 0 Å². The lowest BCUT2D eigenvalue weighted by Crippen LogP contribution is -2.34. The smallest absolute Gasteiger partial charge is 0.328 e. The van der Waals surface area contributed by atoms with Gasteiger partial charge in [0.25, 0.3) is 5.91 Å². The minimum Gasteiger partial charge on any atom is -0.484 e. The molecule has 202 valence electrons. The van der Waals surface area contributed by atoms with E-state index < -0.39 is 11.9 Å². The molecule has 0 bridgehead atoms. The topological polar surface area (TPSA) is 147 Å². The van der Waals surface area contributed by atoms with Gasteiger partial charge in [-0.2, -0.15) is 5.10 Å². The predicted octanol–water partition coefficient (Wildman–Crippen LogP) is 2.86. The molecule has 2 aromatic heterocycles. The molecule has 3 N–H and O–H groups in total. The Morgan fingerprint density at radius 1 is 0.949 bits per heavy atom. The van der Waals surface area contributed by atoms with Crippen molar-refractivity contribution in [1.82, 2.24) is 25.0 Å². The van der Waals surface area contributed by atoms with E-state index in [-0.39, 0.29) is 12.5 Å². The zero-order valence-electron chi connectivity index (χ0n) is 21.5. The zero-order valence-corrected chi connectivity index (χ0v) is 21.5. The molecule has 4 aromatic rings. The molecule has 2 heterocycles. The van der Waals surface area contributed by atoms with Crippen molar-refractivity contribution < 1.29 is 29.3 Å². The lowest BCUT2D eigenvalue weighted by Gasteiger charge is -2.11. The Balaban J connectivity index is 0.000000459. The molecule has 0 spiro atoms. The highest BCUT2D eigenvalue weighted by molar-refractivity contribution is 5.92. The average molecular weight is 532 g/mol. The number of aromatic nitrogens is 3. The summed E-state index contributed by atoms with van der Waals surface area (Å²) in [6.07, 6.45) is 2.89. The molecule has 1 amide bonds. The Kier molecular flexibility index (Phi) is 10.3. The number of likely N-dealkylation sites (N-methyl/N-ethyl adjacent to an activating group) is 1. The van der Waals surface area contributed by atoms with Gasteiger partial charge in [0.05, 0.1) is 5.69 Å². The summed E-state index contributed by atoms with van der Waals surface area (Å²) in [7, 11) is 3.93. The molecule has 39 heavy (non-hydrogen) atoms. The number of pyridine rings is 1. The third-order valence-electron chi connectivity index (χ3n) is 5.19. The third kappa shape index (κ3) is 8.79. The number of benzene rings is 2. The Labute approximate surface area is 225 Å². The van der Waals surface area contributed by atoms with Crippen LogP contribution in [-0.2, 0) is 14.4 Å². The van der Waals surface area contributed by atoms with E-state index in [1.807, 2.05) is 90.4 Å². The van der Waals surface area contributed by atoms with Crippen molar-refractivity contribution in [3.05, 3.63) is 85.1 Å². The number of fused-ring (bicyclic) bond motifs is 1. The molecule has 0 atom stereocenters. The van der Waals surface area contributed by atoms with Crippen LogP contribution in [-0.4, -0.2) is 81.5 Å². The first-order valence-electron chi connectivity index (χ1n) is 11.9. The summed E-state index contributed by atoms with van der Waals surface area (Å²) in [5.74, 6) is -2.01. The van der Waals surface area contributed by atoms with Gasteiger partial charge < -0.3 is 25.2 Å². The monoisotopic (exact) mass is 531 g/mol. The zero-order chi connectivity index (χ0) is 28.2. The van der Waals surface area contributed by atoms with Gasteiger partial charge in [-0.25, -0.2) is 19.3 Å². The van der Waals surface area contributed by atoms with E-state index in [9.17, 15) is 14.4 Å². The molecular weight excluding hydrogens is 502 g/mol. The fourth-order valence-corrected chi connectivity index (χ4v) is 3.38. The first-order chi connectivity index (χ1) is 18.7. The van der Waals surface area contributed by atoms with Crippen LogP contribution in [0.15, 0.2) is 85.1 Å². The summed E-state index contributed by atoms with van der Waals surface area (Å²) in [4.78, 5) is 37.5. The number of nitrogens with one attached hydrogen (secondary N) is 1. The number of carboxylic acid groups (broad SMARTS) is 2. The molecule has 0 unspecified atom stereocenters. The van der Waals surface area contributed by atoms with Crippen LogP contribution in [0.25, 0.3) is 28.0 Å². The number of carbonyl (C=O) groups is 3. The number of ether oxygens (including phenoxy) is 1. The highest BCUT2D eigenvalue weighted by atomic mass is 16.5. The summed E-state index contributed by atoms with van der Waals surface area (Å²) in [5, 5.41) is 24.3. The van der Waals surface area contributed by atoms with E-state index in [1.165, 1.54) is 0 Å². The number of nitrogens with zero attached hydrogens (tertiary/aromatic N) is 4. The van der Waals surface area contributed by atoms with Crippen molar-refractivity contribution in [2.24, 2.45) is 0 Å². The lowest BCUT2D eigenvalue weighted by molar-refractivity contribution is -0.134. The summed E-state index contributed by atoms with van der Waals surface area (Å²) in [6.45, 7) is 1.38. The molecule has 0 aliphatic rings. The number of rotatable bonds is 10. The Morgan fingerprint density at radius 2 is 1.62 bits per heavy atom. The second kappa shape index (κ2) is 14.1. The highest BCUT2D eigenvalue weighted by Gasteiger charge is 2.14. The maximum atomic E-state index is 11.9. The van der Waals surface area contributed by atoms with Gasteiger partial charge in [0, 0.05) is 42.4 Å². The maximum Gasteiger partial charge on any atom is 0.328 e. The van der Waals surface area contributed by atoms with Gasteiger partial charge in [-0.05, 0) is 62.6 Å². The largest absolute Gasteiger partial charge is 0.484 e. The van der Waals surface area contributed by atoms with Crippen LogP contribution >= 0.6 is 0 Å². The molecule has 0 aliphatic heterocycles. The number of hydrogen-bond acceptors (Lipinski definition) is 7. The Bertz CT molecular complexity index is 1420. The quantitative estimate of drug-likeness (QED) is 0.263. The number of hydrogen-bond donors (Lipinski definition) is 3. The fourth-order valence-electron chi connectivity index (χ4n) is 3.38. The fraction of sp³-hybridized carbons (Fsp3) is 0.179. The van der Waals surface area contributed by atoms with E-state index in [0.717, 1.165) is 34.5 Å². The number of carboxylic acids is 2. The first-order valence-corrected chi connectivity index (χ1v) is 11.9. The average Bonchev–Trinajstić information content (AvgIpc) is 3.31. The van der Waals surface area contributed by atoms with Gasteiger partial charge in [-0.15, -0.1) is 0 Å². The summed E-state index contributed by atoms with van der Waals surface area (Å²) in [5.41, 5.74) is 3.56. The van der Waals surface area contributed by atoms with Crippen LogP contribution < -0.4 is 10.1 Å². The van der Waals surface area contributed by atoms with Gasteiger partial charge >= 0.3 is 11.9 Å². The van der Waals surface area contributed by atoms with Crippen LogP contribution in [0.1, 0.15) is 0 Å². The molecule has 4 rings (SSSR count). The minimum absolute atomic E-state index is 0.0116. The molecule has 11 heteroatoms. The van der Waals surface area contributed by atoms with Crippen LogP contribution in [0.5, 0.6) is 5.75 Å². The molecule has 0 fully saturated rings. The second-order valence-electron chi connectivity index (χ2n) is 8.45. The SMILES string of the molecule is CN(C)CCNC(=O)COc1ccc(-c2nn(-c3ccccc3)c3ncccc23)cc1.O=C(O)C=CC(=O)O. The second-order valence-corrected chi connectivity index (χ2v) is 8.45. The summed E-state index contributed by atoms with van der Waals surface area (Å²) < 4.78 is 7.47. The minimum atomic E-state index is -1.26. The molecule has 11 nitrogen and oxygen atoms in total. The van der Waals surface area contributed by atoms with Gasteiger partial charge in [0.15, 0.2) is 12.3 Å². The van der Waals surface area contributed by atoms with Crippen molar-refractivity contribution in [3.8, 4) is 22.7 Å². The van der Waals surface area contributed by atoms with Crippen molar-refractivity contribution in [1.29, 1.82) is 0 Å². The maximum absolute atomic E-state index is 11.9. The summed E-state index contributed by atoms with van der Waals surface area (Å²) >= 11 is 0. The third-order valence-corrected chi connectivity index (χ3v) is 5.19. The van der Waals surface area contributed by atoms with Gasteiger partial charge in [-0.1, -0.05) is 18.2 Å². The van der Waals surface area contributed by atoms with Gasteiger partial charge in [-0.3, -0.25) is 4.79 Å². The molecule has 0 radical (unpaired) electrons. The molecular formula is C28H29N5O6. The van der Waals surface area contributed by atoms with Gasteiger partial charge in [0.1, 0.15) is 11.4 Å². The molecule has 0 saturated carbocycles. The summed E-state index contributed by atoms with van der Waals surface area (Å²) in [6, 6.07) is 21.5. The van der Waals surface area contributed by atoms with Crippen LogP contribution in [0, 0.1) is 0 Å². The van der Waals surface area contributed by atoms with E-state index >= 15 is 0 Å². The standard InChI is InChI=1S/C24H25N5O2.C4H4O4/c1-28(2)16-15-25-22(30)17-31-20-12-10-18(11-13-20)23-21-9-6-14-26-24(21)29(27-23)19-7-4-3-5-8-19;5-3(6)1-2-4(7)8/h3-14H,15-17H2,1-2H3,(H,25,30);1-2H,(H,5,6)(H,7,8). The number of para-hydroxylation sites is 1. The Morgan fingerprint density at radius 3 is 2.23 bits per heavy atom. The molecule has 0 saturated heterocycles. The predicted molar refractivity (Wildman–Crippen MR) is 146 cm³/mol. The normalized spacial score (nSPS) is 10.7. The van der Waals surface area contributed by atoms with Crippen LogP contribution in [0.4, 0.5) is 0 Å². The van der Waals surface area contributed by atoms with E-state index in [2.05, 4.69) is 10.3 Å². The first kappa shape index (κ1) is 28.5. The van der Waals surface area contributed by atoms with Crippen LogP contribution in [0.2, 0.25) is 0 Å². The highest BCUT2D eigenvalue weighted by Crippen LogP contribution is 2.29. The molecule has 0 aliphatic carbocycles. The van der Waals surface area contributed by atoms with E-state index in [1.54, 1.807) is 6.20 Å².